The number of aromatic hydroxyl groups is 1. The molecule has 1 aliphatic rings. The van der Waals surface area contributed by atoms with Crippen LogP contribution in [0.15, 0.2) is 48.7 Å². The van der Waals surface area contributed by atoms with Crippen molar-refractivity contribution in [1.82, 2.24) is 0 Å². The number of rotatable bonds is 3. The number of H-pyrrole nitrogens is 1. The quantitative estimate of drug-likeness (QED) is 0.721. The van der Waals surface area contributed by atoms with Crippen LogP contribution in [-0.4, -0.2) is 31.4 Å². The summed E-state index contributed by atoms with van der Waals surface area (Å²) in [7, 11) is 0. The van der Waals surface area contributed by atoms with Crippen LogP contribution in [-0.2, 0) is 4.74 Å². The molecule has 1 aliphatic heterocycles. The van der Waals surface area contributed by atoms with Crippen LogP contribution in [0.1, 0.15) is 17.2 Å². The Balaban J connectivity index is 1.89. The third-order valence-corrected chi connectivity index (χ3v) is 5.53. The van der Waals surface area contributed by atoms with Crippen molar-refractivity contribution in [3.05, 3.63) is 69.8 Å². The topological polar surface area (TPSA) is 48.0 Å². The molecule has 26 heavy (non-hydrogen) atoms. The molecule has 3 aromatic rings. The van der Waals surface area contributed by atoms with Gasteiger partial charge in [0, 0.05) is 16.7 Å². The minimum Gasteiger partial charge on any atom is -0.502 e. The summed E-state index contributed by atoms with van der Waals surface area (Å²) in [5.74, 6) is 0.240. The molecule has 4 nitrogen and oxygen atoms in total. The molecule has 0 spiro atoms. The summed E-state index contributed by atoms with van der Waals surface area (Å²) in [6.45, 7) is 3.13. The normalized spacial score (nSPS) is 16.7. The van der Waals surface area contributed by atoms with Gasteiger partial charge in [-0.2, -0.15) is 0 Å². The molecular formula is C20H20Cl2N2O2+2. The fourth-order valence-electron chi connectivity index (χ4n) is 3.69. The van der Waals surface area contributed by atoms with Crippen molar-refractivity contribution in [3.63, 3.8) is 0 Å². The molecule has 1 fully saturated rings. The van der Waals surface area contributed by atoms with Crippen LogP contribution in [0.2, 0.25) is 10.0 Å². The lowest BCUT2D eigenvalue weighted by Crippen LogP contribution is -3.14. The van der Waals surface area contributed by atoms with Crippen LogP contribution in [0.5, 0.6) is 5.75 Å². The summed E-state index contributed by atoms with van der Waals surface area (Å²) in [4.78, 5) is 4.46. The number of hydrogen-bond acceptors (Lipinski definition) is 2. The number of aromatic amines is 1. The molecule has 134 valence electrons. The molecular weight excluding hydrogens is 371 g/mol. The Labute approximate surface area is 161 Å². The Morgan fingerprint density at radius 3 is 2.54 bits per heavy atom. The number of phenolic OH excluding ortho intramolecular Hbond substituents is 1. The van der Waals surface area contributed by atoms with Gasteiger partial charge in [-0.3, -0.25) is 0 Å². The van der Waals surface area contributed by atoms with Crippen molar-refractivity contribution in [2.75, 3.05) is 26.3 Å². The first-order chi connectivity index (χ1) is 12.6. The lowest BCUT2D eigenvalue weighted by molar-refractivity contribution is -0.933. The van der Waals surface area contributed by atoms with E-state index < -0.39 is 0 Å². The highest BCUT2D eigenvalue weighted by Gasteiger charge is 2.32. The monoisotopic (exact) mass is 390 g/mol. The average Bonchev–Trinajstić information content (AvgIpc) is 2.68. The summed E-state index contributed by atoms with van der Waals surface area (Å²) in [5.41, 5.74) is 2.55. The molecule has 3 N–H and O–H groups in total. The fourth-order valence-corrected chi connectivity index (χ4v) is 4.09. The van der Waals surface area contributed by atoms with Gasteiger partial charge >= 0.3 is 0 Å². The van der Waals surface area contributed by atoms with Crippen molar-refractivity contribution >= 4 is 34.1 Å². The number of pyridine rings is 1. The maximum absolute atomic E-state index is 11.0. The van der Waals surface area contributed by atoms with E-state index in [-0.39, 0.29) is 11.8 Å². The molecule has 6 heteroatoms. The number of phenols is 1. The van der Waals surface area contributed by atoms with Crippen LogP contribution in [0, 0.1) is 0 Å². The Morgan fingerprint density at radius 2 is 1.81 bits per heavy atom. The molecule has 1 unspecified atom stereocenters. The minimum absolute atomic E-state index is 0.0494. The number of ether oxygens (including phenoxy) is 1. The molecule has 0 amide bonds. The van der Waals surface area contributed by atoms with Gasteiger partial charge in [0.2, 0.25) is 0 Å². The third-order valence-electron chi connectivity index (χ3n) is 4.96. The molecule has 1 aromatic heterocycles. The number of quaternary nitrogens is 1. The van der Waals surface area contributed by atoms with E-state index in [0.717, 1.165) is 29.6 Å². The standard InChI is InChI=1S/C20H18Cl2N2O2/c21-14-5-3-13(4-6-14)19(24-8-10-26-11-9-24)16-12-17(22)15-2-1-7-23-18(15)20(16)25/h1-7,12,19,25H,8-11H2/p+2. The second kappa shape index (κ2) is 7.41. The number of hydrogen-bond donors (Lipinski definition) is 2. The number of halogens is 2. The zero-order valence-corrected chi connectivity index (χ0v) is 15.6. The number of benzene rings is 2. The Kier molecular flexibility index (Phi) is 5.00. The highest BCUT2D eigenvalue weighted by atomic mass is 35.5. The predicted molar refractivity (Wildman–Crippen MR) is 102 cm³/mol. The summed E-state index contributed by atoms with van der Waals surface area (Å²) < 4.78 is 5.53. The molecule has 1 atom stereocenters. The number of morpholine rings is 1. The Hall–Kier alpha value is -1.85. The van der Waals surface area contributed by atoms with E-state index in [9.17, 15) is 5.11 Å². The summed E-state index contributed by atoms with van der Waals surface area (Å²) >= 11 is 12.6. The third kappa shape index (κ3) is 3.26. The number of fused-ring (bicyclic) bond motifs is 1. The van der Waals surface area contributed by atoms with Gasteiger partial charge in [-0.05, 0) is 24.3 Å². The van der Waals surface area contributed by atoms with Crippen LogP contribution in [0.4, 0.5) is 0 Å². The Morgan fingerprint density at radius 1 is 1.08 bits per heavy atom. The zero-order chi connectivity index (χ0) is 18.1. The van der Waals surface area contributed by atoms with E-state index in [0.29, 0.717) is 28.8 Å². The van der Waals surface area contributed by atoms with Crippen molar-refractivity contribution in [1.29, 1.82) is 0 Å². The first-order valence-corrected chi connectivity index (χ1v) is 9.40. The van der Waals surface area contributed by atoms with Gasteiger partial charge in [-0.1, -0.05) is 35.3 Å². The van der Waals surface area contributed by atoms with Crippen molar-refractivity contribution in [3.8, 4) is 5.75 Å². The second-order valence-corrected chi connectivity index (χ2v) is 7.35. The molecule has 1 saturated heterocycles. The van der Waals surface area contributed by atoms with Gasteiger partial charge in [0.1, 0.15) is 19.1 Å². The molecule has 2 heterocycles. The number of aromatic nitrogens is 1. The molecule has 4 rings (SSSR count). The molecule has 0 radical (unpaired) electrons. The van der Waals surface area contributed by atoms with E-state index in [4.69, 9.17) is 27.9 Å². The Bertz CT molecular complexity index is 925. The zero-order valence-electron chi connectivity index (χ0n) is 14.1. The SMILES string of the molecule is Oc1c(C(c2ccc(Cl)cc2)[NH+]2CCOCC2)cc(Cl)c2ccc[nH+]c12. The molecule has 0 aliphatic carbocycles. The van der Waals surface area contributed by atoms with Crippen LogP contribution in [0.25, 0.3) is 10.9 Å². The molecule has 0 bridgehead atoms. The highest BCUT2D eigenvalue weighted by molar-refractivity contribution is 6.35. The lowest BCUT2D eigenvalue weighted by Gasteiger charge is -2.32. The first-order valence-electron chi connectivity index (χ1n) is 8.64. The van der Waals surface area contributed by atoms with E-state index >= 15 is 0 Å². The summed E-state index contributed by atoms with van der Waals surface area (Å²) in [5, 5.41) is 13.2. The average molecular weight is 391 g/mol. The van der Waals surface area contributed by atoms with E-state index in [2.05, 4.69) is 4.98 Å². The van der Waals surface area contributed by atoms with Gasteiger partial charge in [0.25, 0.3) is 5.52 Å². The van der Waals surface area contributed by atoms with Crippen LogP contribution in [0.3, 0.4) is 0 Å². The van der Waals surface area contributed by atoms with Gasteiger partial charge in [-0.25, -0.2) is 4.98 Å². The minimum atomic E-state index is -0.0494. The number of nitrogens with one attached hydrogen (secondary N) is 2. The largest absolute Gasteiger partial charge is 0.502 e. The van der Waals surface area contributed by atoms with Gasteiger partial charge in [0.15, 0.2) is 11.9 Å². The lowest BCUT2D eigenvalue weighted by atomic mass is 9.94. The molecule has 2 aromatic carbocycles. The van der Waals surface area contributed by atoms with E-state index in [1.54, 1.807) is 6.20 Å². The summed E-state index contributed by atoms with van der Waals surface area (Å²) in [6.07, 6.45) is 1.79. The van der Waals surface area contributed by atoms with Crippen molar-refractivity contribution < 1.29 is 19.7 Å². The maximum atomic E-state index is 11.0. The second-order valence-electron chi connectivity index (χ2n) is 6.51. The smallest absolute Gasteiger partial charge is 0.255 e. The van der Waals surface area contributed by atoms with Gasteiger partial charge < -0.3 is 14.7 Å². The van der Waals surface area contributed by atoms with Gasteiger partial charge in [-0.15, -0.1) is 0 Å². The predicted octanol–water partition coefficient (Wildman–Crippen LogP) is 2.67. The van der Waals surface area contributed by atoms with Crippen LogP contribution < -0.4 is 9.88 Å². The highest BCUT2D eigenvalue weighted by Crippen LogP contribution is 2.36. The van der Waals surface area contributed by atoms with E-state index in [1.807, 2.05) is 42.5 Å². The summed E-state index contributed by atoms with van der Waals surface area (Å²) in [6, 6.07) is 13.4. The van der Waals surface area contributed by atoms with Crippen molar-refractivity contribution in [2.24, 2.45) is 0 Å². The van der Waals surface area contributed by atoms with E-state index in [1.165, 1.54) is 4.90 Å². The van der Waals surface area contributed by atoms with Gasteiger partial charge in [0.05, 0.1) is 29.2 Å². The van der Waals surface area contributed by atoms with Crippen molar-refractivity contribution in [2.45, 2.75) is 6.04 Å². The fraction of sp³-hybridized carbons (Fsp3) is 0.250. The molecule has 0 saturated carbocycles. The van der Waals surface area contributed by atoms with Crippen LogP contribution >= 0.6 is 23.2 Å². The maximum Gasteiger partial charge on any atom is 0.255 e. The first kappa shape index (κ1) is 17.6.